The molecular formula is C20H20N2O3S2. The predicted octanol–water partition coefficient (Wildman–Crippen LogP) is 4.33. The predicted molar refractivity (Wildman–Crippen MR) is 108 cm³/mol. The number of carbonyl (C=O) groups is 1. The van der Waals surface area contributed by atoms with E-state index < -0.39 is 20.5 Å². The molecule has 140 valence electrons. The van der Waals surface area contributed by atoms with Gasteiger partial charge in [-0.25, -0.2) is 13.4 Å². The second kappa shape index (κ2) is 6.73. The summed E-state index contributed by atoms with van der Waals surface area (Å²) in [5, 5.41) is 3.81. The highest BCUT2D eigenvalue weighted by atomic mass is 32.2. The Balaban J connectivity index is 1.70. The summed E-state index contributed by atoms with van der Waals surface area (Å²) < 4.78 is 26.2. The zero-order valence-electron chi connectivity index (χ0n) is 14.9. The molecular weight excluding hydrogens is 380 g/mol. The number of nitrogens with zero attached hydrogens (tertiary/aromatic N) is 1. The van der Waals surface area contributed by atoms with Gasteiger partial charge in [-0.05, 0) is 50.1 Å². The molecule has 0 saturated heterocycles. The fraction of sp³-hybridized carbons (Fsp3) is 0.300. The third-order valence-corrected chi connectivity index (χ3v) is 8.60. The summed E-state index contributed by atoms with van der Waals surface area (Å²) in [6.07, 6.45) is 2.15. The number of aromatic nitrogens is 1. The van der Waals surface area contributed by atoms with Crippen LogP contribution in [0.15, 0.2) is 53.4 Å². The van der Waals surface area contributed by atoms with Gasteiger partial charge in [-0.3, -0.25) is 4.79 Å². The highest BCUT2D eigenvalue weighted by Crippen LogP contribution is 2.41. The van der Waals surface area contributed by atoms with E-state index in [9.17, 15) is 13.2 Å². The average molecular weight is 401 g/mol. The standard InChI is InChI=1S/C20H20N2O3S2/c1-14-21-17-10-9-15(13-18(17)26-14)22-19(23)20(11-5-6-12-20)27(24,25)16-7-3-2-4-8-16/h2-4,7-10,13H,5-6,11-12H2,1H3,(H,22,23). The van der Waals surface area contributed by atoms with Crippen LogP contribution in [0.3, 0.4) is 0 Å². The molecule has 27 heavy (non-hydrogen) atoms. The molecule has 0 unspecified atom stereocenters. The van der Waals surface area contributed by atoms with Crippen LogP contribution in [0.1, 0.15) is 30.7 Å². The number of hydrogen-bond acceptors (Lipinski definition) is 5. The van der Waals surface area contributed by atoms with Crippen molar-refractivity contribution in [1.82, 2.24) is 4.98 Å². The summed E-state index contributed by atoms with van der Waals surface area (Å²) in [4.78, 5) is 17.8. The maximum absolute atomic E-state index is 13.3. The summed E-state index contributed by atoms with van der Waals surface area (Å²) in [5.41, 5.74) is 1.48. The maximum Gasteiger partial charge on any atom is 0.246 e. The van der Waals surface area contributed by atoms with Crippen LogP contribution in [0.5, 0.6) is 0 Å². The molecule has 1 amide bonds. The molecule has 1 aliphatic rings. The van der Waals surface area contributed by atoms with E-state index in [1.165, 1.54) is 0 Å². The van der Waals surface area contributed by atoms with Gasteiger partial charge in [-0.2, -0.15) is 0 Å². The molecule has 1 fully saturated rings. The van der Waals surface area contributed by atoms with Gasteiger partial charge in [-0.1, -0.05) is 31.0 Å². The summed E-state index contributed by atoms with van der Waals surface area (Å²) in [6, 6.07) is 13.8. The molecule has 1 aliphatic carbocycles. The second-order valence-corrected chi connectivity index (χ2v) is 10.4. The Bertz CT molecular complexity index is 1100. The molecule has 1 N–H and O–H groups in total. The zero-order valence-corrected chi connectivity index (χ0v) is 16.6. The molecule has 1 aromatic heterocycles. The third-order valence-electron chi connectivity index (χ3n) is 5.15. The van der Waals surface area contributed by atoms with Crippen molar-refractivity contribution in [3.63, 3.8) is 0 Å². The Labute approximate surface area is 162 Å². The van der Waals surface area contributed by atoms with Crippen molar-refractivity contribution in [1.29, 1.82) is 0 Å². The first-order chi connectivity index (χ1) is 12.9. The van der Waals surface area contributed by atoms with Crippen LogP contribution in [0.4, 0.5) is 5.69 Å². The van der Waals surface area contributed by atoms with Crippen LogP contribution in [0, 0.1) is 6.92 Å². The molecule has 1 saturated carbocycles. The maximum atomic E-state index is 13.3. The van der Waals surface area contributed by atoms with Crippen LogP contribution in [0.2, 0.25) is 0 Å². The van der Waals surface area contributed by atoms with Crippen molar-refractivity contribution in [2.45, 2.75) is 42.2 Å². The number of benzene rings is 2. The number of fused-ring (bicyclic) bond motifs is 1. The molecule has 5 nitrogen and oxygen atoms in total. The number of rotatable bonds is 4. The molecule has 0 spiro atoms. The smallest absolute Gasteiger partial charge is 0.246 e. The molecule has 3 aromatic rings. The number of amides is 1. The number of hydrogen-bond donors (Lipinski definition) is 1. The number of carbonyl (C=O) groups excluding carboxylic acids is 1. The van der Waals surface area contributed by atoms with Gasteiger partial charge >= 0.3 is 0 Å². The number of thiazole rings is 1. The monoisotopic (exact) mass is 400 g/mol. The van der Waals surface area contributed by atoms with Crippen LogP contribution in [-0.4, -0.2) is 24.1 Å². The van der Waals surface area contributed by atoms with Gasteiger partial charge in [0, 0.05) is 5.69 Å². The molecule has 0 aliphatic heterocycles. The van der Waals surface area contributed by atoms with E-state index in [0.29, 0.717) is 18.5 Å². The summed E-state index contributed by atoms with van der Waals surface area (Å²) in [6.45, 7) is 1.93. The Kier molecular flexibility index (Phi) is 4.52. The van der Waals surface area contributed by atoms with Crippen molar-refractivity contribution in [2.24, 2.45) is 0 Å². The normalized spacial score (nSPS) is 16.5. The third kappa shape index (κ3) is 3.04. The molecule has 2 aromatic carbocycles. The number of nitrogens with one attached hydrogen (secondary N) is 1. The first-order valence-corrected chi connectivity index (χ1v) is 11.2. The summed E-state index contributed by atoms with van der Waals surface area (Å²) >= 11 is 1.55. The van der Waals surface area contributed by atoms with E-state index in [-0.39, 0.29) is 4.90 Å². The number of anilines is 1. The fourth-order valence-electron chi connectivity index (χ4n) is 3.75. The molecule has 1 heterocycles. The van der Waals surface area contributed by atoms with E-state index in [2.05, 4.69) is 10.3 Å². The van der Waals surface area contributed by atoms with E-state index in [1.807, 2.05) is 19.1 Å². The molecule has 0 bridgehead atoms. The lowest BCUT2D eigenvalue weighted by molar-refractivity contribution is -0.118. The lowest BCUT2D eigenvalue weighted by Crippen LogP contribution is -2.47. The van der Waals surface area contributed by atoms with Crippen LogP contribution in [0.25, 0.3) is 10.2 Å². The number of sulfone groups is 1. The largest absolute Gasteiger partial charge is 0.325 e. The van der Waals surface area contributed by atoms with E-state index in [4.69, 9.17) is 0 Å². The van der Waals surface area contributed by atoms with Crippen LogP contribution >= 0.6 is 11.3 Å². The van der Waals surface area contributed by atoms with E-state index >= 15 is 0 Å². The van der Waals surface area contributed by atoms with E-state index in [1.54, 1.807) is 47.7 Å². The Hall–Kier alpha value is -2.25. The first-order valence-electron chi connectivity index (χ1n) is 8.91. The molecule has 0 radical (unpaired) electrons. The quantitative estimate of drug-likeness (QED) is 0.707. The van der Waals surface area contributed by atoms with Gasteiger partial charge in [0.25, 0.3) is 0 Å². The van der Waals surface area contributed by atoms with Crippen LogP contribution in [-0.2, 0) is 14.6 Å². The molecule has 0 atom stereocenters. The average Bonchev–Trinajstić information content (AvgIpc) is 3.29. The van der Waals surface area contributed by atoms with E-state index in [0.717, 1.165) is 28.1 Å². The summed E-state index contributed by atoms with van der Waals surface area (Å²) in [5.74, 6) is -0.440. The molecule has 4 rings (SSSR count). The van der Waals surface area contributed by atoms with Gasteiger partial charge in [0.1, 0.15) is 0 Å². The SMILES string of the molecule is Cc1nc2ccc(NC(=O)C3(S(=O)(=O)c4ccccc4)CCCC3)cc2s1. The van der Waals surface area contributed by atoms with Crippen molar-refractivity contribution in [2.75, 3.05) is 5.32 Å². The summed E-state index contributed by atoms with van der Waals surface area (Å²) in [7, 11) is -3.78. The Morgan fingerprint density at radius 3 is 2.52 bits per heavy atom. The van der Waals surface area contributed by atoms with Crippen molar-refractivity contribution in [3.8, 4) is 0 Å². The van der Waals surface area contributed by atoms with Gasteiger partial charge < -0.3 is 5.32 Å². The topological polar surface area (TPSA) is 76.1 Å². The van der Waals surface area contributed by atoms with Gasteiger partial charge in [0.05, 0.1) is 20.1 Å². The van der Waals surface area contributed by atoms with Gasteiger partial charge in [-0.15, -0.1) is 11.3 Å². The first kappa shape index (κ1) is 18.1. The van der Waals surface area contributed by atoms with Crippen LogP contribution < -0.4 is 5.32 Å². The van der Waals surface area contributed by atoms with Crippen molar-refractivity contribution in [3.05, 3.63) is 53.5 Å². The van der Waals surface area contributed by atoms with Crippen molar-refractivity contribution < 1.29 is 13.2 Å². The van der Waals surface area contributed by atoms with Crippen molar-refractivity contribution >= 4 is 43.0 Å². The fourth-order valence-corrected chi connectivity index (χ4v) is 6.71. The zero-order chi connectivity index (χ0) is 19.1. The Morgan fingerprint density at radius 1 is 1.11 bits per heavy atom. The minimum atomic E-state index is -3.78. The lowest BCUT2D eigenvalue weighted by atomic mass is 10.1. The number of aryl methyl sites for hydroxylation is 1. The van der Waals surface area contributed by atoms with Gasteiger partial charge in [0.15, 0.2) is 14.6 Å². The highest BCUT2D eigenvalue weighted by Gasteiger charge is 2.52. The Morgan fingerprint density at radius 2 is 1.81 bits per heavy atom. The molecule has 7 heteroatoms. The minimum Gasteiger partial charge on any atom is -0.325 e. The minimum absolute atomic E-state index is 0.204. The lowest BCUT2D eigenvalue weighted by Gasteiger charge is -2.27. The second-order valence-electron chi connectivity index (χ2n) is 6.89. The van der Waals surface area contributed by atoms with Gasteiger partial charge in [0.2, 0.25) is 5.91 Å². The highest BCUT2D eigenvalue weighted by molar-refractivity contribution is 7.93.